The van der Waals surface area contributed by atoms with Crippen molar-refractivity contribution in [3.05, 3.63) is 24.1 Å². The summed E-state index contributed by atoms with van der Waals surface area (Å²) in [4.78, 5) is 0. The van der Waals surface area contributed by atoms with Gasteiger partial charge in [0.2, 0.25) is 0 Å². The van der Waals surface area contributed by atoms with Crippen molar-refractivity contribution >= 4 is 0 Å². The second kappa shape index (κ2) is 22.5. The van der Waals surface area contributed by atoms with E-state index in [2.05, 4.69) is 26.8 Å². The molecule has 0 unspecified atom stereocenters. The first-order chi connectivity index (χ1) is 6.22. The molecular formula is C12H25F. The van der Waals surface area contributed by atoms with E-state index in [0.29, 0.717) is 6.33 Å². The monoisotopic (exact) mass is 188 g/mol. The van der Waals surface area contributed by atoms with Crippen LogP contribution in [0.4, 0.5) is 4.39 Å². The van der Waals surface area contributed by atoms with Gasteiger partial charge in [-0.05, 0) is 26.7 Å². The predicted molar refractivity (Wildman–Crippen MR) is 61.6 cm³/mol. The third-order valence-corrected chi connectivity index (χ3v) is 1.38. The summed E-state index contributed by atoms with van der Waals surface area (Å²) in [5.74, 6) is 0. The largest absolute Gasteiger partial charge is 0.216 e. The number of rotatable bonds is 2. The molecule has 0 saturated heterocycles. The van der Waals surface area contributed by atoms with Gasteiger partial charge in [-0.25, -0.2) is 4.39 Å². The second-order valence-electron chi connectivity index (χ2n) is 2.26. The van der Waals surface area contributed by atoms with Crippen molar-refractivity contribution in [3.8, 4) is 0 Å². The topological polar surface area (TPSA) is 0 Å². The third kappa shape index (κ3) is 34.5. The fraction of sp³-hybridized carbons (Fsp3) is 0.667. The van der Waals surface area contributed by atoms with Crippen LogP contribution in [0.2, 0.25) is 0 Å². The Balaban J connectivity index is -0.000000131. The van der Waals surface area contributed by atoms with Gasteiger partial charge < -0.3 is 0 Å². The van der Waals surface area contributed by atoms with E-state index < -0.39 is 0 Å². The second-order valence-corrected chi connectivity index (χ2v) is 2.26. The highest BCUT2D eigenvalue weighted by Crippen LogP contribution is 1.94. The minimum absolute atomic E-state index is 0.556. The summed E-state index contributed by atoms with van der Waals surface area (Å²) in [7, 11) is 0. The lowest BCUT2D eigenvalue weighted by molar-refractivity contribution is 0.715. The zero-order valence-corrected chi connectivity index (χ0v) is 10.0. The normalized spacial score (nSPS) is 9.92. The van der Waals surface area contributed by atoms with E-state index in [9.17, 15) is 4.39 Å². The summed E-state index contributed by atoms with van der Waals surface area (Å²) < 4.78 is 10.8. The van der Waals surface area contributed by atoms with E-state index in [1.54, 1.807) is 0 Å². The van der Waals surface area contributed by atoms with E-state index in [1.165, 1.54) is 18.1 Å². The molecule has 80 valence electrons. The van der Waals surface area contributed by atoms with Gasteiger partial charge in [0, 0.05) is 0 Å². The van der Waals surface area contributed by atoms with Gasteiger partial charge >= 0.3 is 0 Å². The maximum atomic E-state index is 10.8. The maximum absolute atomic E-state index is 10.8. The van der Waals surface area contributed by atoms with E-state index in [4.69, 9.17) is 0 Å². The average Bonchev–Trinajstić information content (AvgIpc) is 2.22. The summed E-state index contributed by atoms with van der Waals surface area (Å²) in [6.07, 6.45) is 6.13. The van der Waals surface area contributed by atoms with Gasteiger partial charge in [0.25, 0.3) is 0 Å². The van der Waals surface area contributed by atoms with Gasteiger partial charge in [-0.1, -0.05) is 45.4 Å². The van der Waals surface area contributed by atoms with Crippen LogP contribution < -0.4 is 0 Å². The minimum atomic E-state index is 0.556. The maximum Gasteiger partial charge on any atom is 0.0826 e. The zero-order valence-electron chi connectivity index (χ0n) is 10.0. The van der Waals surface area contributed by atoms with Crippen LogP contribution in [0.5, 0.6) is 0 Å². The van der Waals surface area contributed by atoms with Gasteiger partial charge in [-0.2, -0.15) is 0 Å². The Kier molecular flexibility index (Phi) is 31.6. The summed E-state index contributed by atoms with van der Waals surface area (Å²) in [5.41, 5.74) is 1.47. The Morgan fingerprint density at radius 3 is 1.69 bits per heavy atom. The molecule has 0 atom stereocenters. The van der Waals surface area contributed by atoms with E-state index in [0.717, 1.165) is 6.42 Å². The van der Waals surface area contributed by atoms with Gasteiger partial charge in [0.15, 0.2) is 0 Å². The molecule has 0 nitrogen and oxygen atoms in total. The average molecular weight is 188 g/mol. The summed E-state index contributed by atoms with van der Waals surface area (Å²) in [6, 6.07) is 0. The number of allylic oxidation sites excluding steroid dienone is 3. The van der Waals surface area contributed by atoms with E-state index >= 15 is 0 Å². The fourth-order valence-electron chi connectivity index (χ4n) is 0.293. The summed E-state index contributed by atoms with van der Waals surface area (Å²) in [5, 5.41) is 0. The van der Waals surface area contributed by atoms with E-state index in [-0.39, 0.29) is 0 Å². The van der Waals surface area contributed by atoms with Crippen LogP contribution >= 0.6 is 0 Å². The molecule has 0 N–H and O–H groups in total. The molecule has 0 bridgehead atoms. The predicted octanol–water partition coefficient (Wildman–Crippen LogP) is 5.27. The smallest absolute Gasteiger partial charge is 0.0826 e. The molecule has 0 aromatic rings. The lowest BCUT2D eigenvalue weighted by Gasteiger charge is -1.85. The first kappa shape index (κ1) is 18.2. The molecule has 0 amide bonds. The first-order valence-electron chi connectivity index (χ1n) is 5.09. The molecule has 0 fully saturated rings. The quantitative estimate of drug-likeness (QED) is 0.518. The fourth-order valence-corrected chi connectivity index (χ4v) is 0.293. The van der Waals surface area contributed by atoms with Crippen LogP contribution in [0.15, 0.2) is 24.1 Å². The molecule has 0 aliphatic rings. The lowest BCUT2D eigenvalue weighted by Crippen LogP contribution is -1.63. The highest BCUT2D eigenvalue weighted by molar-refractivity contribution is 4.93. The van der Waals surface area contributed by atoms with Gasteiger partial charge in [0.05, 0.1) is 6.33 Å². The SMILES string of the molecule is C/C=C(\C)CC.CC.CC/C=C/F. The summed E-state index contributed by atoms with van der Waals surface area (Å²) in [6.45, 7) is 12.3. The molecule has 1 heteroatoms. The Morgan fingerprint density at radius 1 is 1.23 bits per heavy atom. The van der Waals surface area contributed by atoms with Crippen molar-refractivity contribution in [3.63, 3.8) is 0 Å². The standard InChI is InChI=1S/C6H12.C4H7F.C2H6/c1-4-6(3)5-2;1-2-3-4-5;1-2/h4H,5H2,1-3H3;3-4H,2H2,1H3;1-2H3/b6-4+;4-3+;. The summed E-state index contributed by atoms with van der Waals surface area (Å²) >= 11 is 0. The van der Waals surface area contributed by atoms with Crippen LogP contribution in [0.1, 0.15) is 54.4 Å². The molecule has 0 rings (SSSR count). The van der Waals surface area contributed by atoms with Gasteiger partial charge in [-0.3, -0.25) is 0 Å². The molecule has 0 radical (unpaired) electrons. The van der Waals surface area contributed by atoms with Crippen LogP contribution in [-0.4, -0.2) is 0 Å². The molecule has 0 saturated carbocycles. The molecule has 0 aliphatic carbocycles. The third-order valence-electron chi connectivity index (χ3n) is 1.38. The zero-order chi connectivity index (χ0) is 11.1. The Morgan fingerprint density at radius 2 is 1.69 bits per heavy atom. The van der Waals surface area contributed by atoms with Crippen molar-refractivity contribution in [2.45, 2.75) is 54.4 Å². The molecule has 0 aliphatic heterocycles. The Hall–Kier alpha value is -0.590. The molecule has 13 heavy (non-hydrogen) atoms. The van der Waals surface area contributed by atoms with Crippen LogP contribution in [0.25, 0.3) is 0 Å². The van der Waals surface area contributed by atoms with Crippen molar-refractivity contribution < 1.29 is 4.39 Å². The van der Waals surface area contributed by atoms with Crippen LogP contribution in [-0.2, 0) is 0 Å². The number of halogens is 1. The van der Waals surface area contributed by atoms with Crippen LogP contribution in [0.3, 0.4) is 0 Å². The Labute approximate surface area is 83.6 Å². The van der Waals surface area contributed by atoms with Gasteiger partial charge in [0.1, 0.15) is 0 Å². The molecule has 0 aromatic heterocycles. The Bertz CT molecular complexity index is 112. The van der Waals surface area contributed by atoms with Crippen molar-refractivity contribution in [2.24, 2.45) is 0 Å². The van der Waals surface area contributed by atoms with Crippen molar-refractivity contribution in [1.82, 2.24) is 0 Å². The minimum Gasteiger partial charge on any atom is -0.216 e. The van der Waals surface area contributed by atoms with E-state index in [1.807, 2.05) is 20.8 Å². The molecular weight excluding hydrogens is 163 g/mol. The molecule has 0 heterocycles. The molecule has 0 spiro atoms. The molecule has 0 aromatic carbocycles. The highest BCUT2D eigenvalue weighted by atomic mass is 19.1. The number of hydrogen-bond donors (Lipinski definition) is 0. The lowest BCUT2D eigenvalue weighted by atomic mass is 10.2. The van der Waals surface area contributed by atoms with Crippen molar-refractivity contribution in [2.75, 3.05) is 0 Å². The highest BCUT2D eigenvalue weighted by Gasteiger charge is 1.73. The first-order valence-corrected chi connectivity index (χ1v) is 5.09. The van der Waals surface area contributed by atoms with Crippen molar-refractivity contribution in [1.29, 1.82) is 0 Å². The van der Waals surface area contributed by atoms with Crippen LogP contribution in [0, 0.1) is 0 Å². The van der Waals surface area contributed by atoms with Gasteiger partial charge in [-0.15, -0.1) is 0 Å². The number of hydrogen-bond acceptors (Lipinski definition) is 0.